The summed E-state index contributed by atoms with van der Waals surface area (Å²) in [5.41, 5.74) is 0.460. The summed E-state index contributed by atoms with van der Waals surface area (Å²) in [4.78, 5) is 34.0. The number of ether oxygens (including phenoxy) is 1. The van der Waals surface area contributed by atoms with Crippen LogP contribution in [0, 0.1) is 5.41 Å². The number of nitrogens with zero attached hydrogens (tertiary/aromatic N) is 2. The quantitative estimate of drug-likeness (QED) is 0.247. The molecular formula is C31H37N3O4. The van der Waals surface area contributed by atoms with Crippen LogP contribution in [0.3, 0.4) is 0 Å². The van der Waals surface area contributed by atoms with Crippen molar-refractivity contribution in [3.63, 3.8) is 0 Å². The minimum absolute atomic E-state index is 0.116. The first-order valence-electron chi connectivity index (χ1n) is 13.5. The van der Waals surface area contributed by atoms with Crippen molar-refractivity contribution in [2.45, 2.75) is 78.2 Å². The fourth-order valence-corrected chi connectivity index (χ4v) is 5.10. The van der Waals surface area contributed by atoms with Gasteiger partial charge < -0.3 is 15.2 Å². The van der Waals surface area contributed by atoms with Crippen molar-refractivity contribution < 1.29 is 19.4 Å². The van der Waals surface area contributed by atoms with Gasteiger partial charge in [-0.05, 0) is 68.3 Å². The minimum Gasteiger partial charge on any atom is -0.479 e. The molecule has 1 aromatic carbocycles. The first-order chi connectivity index (χ1) is 18.2. The van der Waals surface area contributed by atoms with Gasteiger partial charge >= 0.3 is 5.97 Å². The van der Waals surface area contributed by atoms with E-state index < -0.39 is 16.9 Å². The number of benzene rings is 1. The number of nitrogens with one attached hydrogen (secondary N) is 1. The number of aliphatic carboxylic acids is 1. The fraction of sp³-hybridized carbons (Fsp3) is 0.419. The van der Waals surface area contributed by atoms with Gasteiger partial charge in [0.1, 0.15) is 11.3 Å². The highest BCUT2D eigenvalue weighted by molar-refractivity contribution is 6.09. The smallest absolute Gasteiger partial charge is 0.329 e. The van der Waals surface area contributed by atoms with Crippen molar-refractivity contribution in [2.75, 3.05) is 0 Å². The number of carboxylic acids is 1. The Labute approximate surface area is 224 Å². The van der Waals surface area contributed by atoms with Crippen LogP contribution in [0.4, 0.5) is 0 Å². The lowest BCUT2D eigenvalue weighted by Gasteiger charge is -2.44. The van der Waals surface area contributed by atoms with Gasteiger partial charge in [-0.15, -0.1) is 0 Å². The number of carbonyl (C=O) groups excluding carboxylic acids is 1. The van der Waals surface area contributed by atoms with E-state index in [1.165, 1.54) is 0 Å². The third kappa shape index (κ3) is 5.42. The van der Waals surface area contributed by atoms with E-state index in [2.05, 4.69) is 22.2 Å². The number of ketones is 1. The number of fused-ring (bicyclic) bond motifs is 1. The van der Waals surface area contributed by atoms with Crippen molar-refractivity contribution in [1.29, 1.82) is 0 Å². The van der Waals surface area contributed by atoms with Gasteiger partial charge in [0, 0.05) is 36.3 Å². The monoisotopic (exact) mass is 515 g/mol. The van der Waals surface area contributed by atoms with Crippen molar-refractivity contribution in [3.05, 3.63) is 71.8 Å². The van der Waals surface area contributed by atoms with Crippen LogP contribution >= 0.6 is 0 Å². The number of carbonyl (C=O) groups is 2. The fourth-order valence-electron chi connectivity index (χ4n) is 5.10. The van der Waals surface area contributed by atoms with Gasteiger partial charge in [-0.3, -0.25) is 9.78 Å². The largest absolute Gasteiger partial charge is 0.479 e. The van der Waals surface area contributed by atoms with Crippen LogP contribution < -0.4 is 10.1 Å². The summed E-state index contributed by atoms with van der Waals surface area (Å²) >= 11 is 0. The van der Waals surface area contributed by atoms with Gasteiger partial charge in [0.2, 0.25) is 5.88 Å². The van der Waals surface area contributed by atoms with Gasteiger partial charge in [0.25, 0.3) is 0 Å². The van der Waals surface area contributed by atoms with E-state index in [9.17, 15) is 14.7 Å². The second-order valence-electron chi connectivity index (χ2n) is 10.6. The molecule has 7 nitrogen and oxygen atoms in total. The van der Waals surface area contributed by atoms with E-state index in [4.69, 9.17) is 4.74 Å². The average Bonchev–Trinajstić information content (AvgIpc) is 2.92. The average molecular weight is 516 g/mol. The summed E-state index contributed by atoms with van der Waals surface area (Å²) in [6, 6.07) is 11.2. The molecule has 1 aliphatic rings. The lowest BCUT2D eigenvalue weighted by atomic mass is 9.66. The van der Waals surface area contributed by atoms with E-state index in [0.29, 0.717) is 24.5 Å². The molecule has 1 aliphatic carbocycles. The number of aromatic nitrogens is 2. The van der Waals surface area contributed by atoms with E-state index in [-0.39, 0.29) is 12.2 Å². The minimum atomic E-state index is -1.23. The summed E-state index contributed by atoms with van der Waals surface area (Å²) in [7, 11) is 0. The molecule has 0 fully saturated rings. The van der Waals surface area contributed by atoms with Gasteiger partial charge in [-0.2, -0.15) is 0 Å². The highest BCUT2D eigenvalue weighted by Crippen LogP contribution is 2.44. The molecule has 0 unspecified atom stereocenters. The standard InChI is InChI=1S/C31H37N3O4/c1-5-7-8-9-10-24-26(30(3,4)27(24)35)34-31(6-2,29(36)37)19-21-11-13-23(14-12-21)38-28-25-20-32-17-15-22(25)16-18-33-28/h11-18,20,34H,5-10,19H2,1-4H3,(H,36,37)/t31-/m0/s1. The summed E-state index contributed by atoms with van der Waals surface area (Å²) < 4.78 is 6.02. The van der Waals surface area contributed by atoms with Crippen LogP contribution in [0.25, 0.3) is 10.8 Å². The Morgan fingerprint density at radius 3 is 2.47 bits per heavy atom. The highest BCUT2D eigenvalue weighted by Gasteiger charge is 2.50. The predicted molar refractivity (Wildman–Crippen MR) is 148 cm³/mol. The molecule has 0 saturated heterocycles. The number of unbranched alkanes of at least 4 members (excludes halogenated alkanes) is 3. The second-order valence-corrected chi connectivity index (χ2v) is 10.6. The Balaban J connectivity index is 1.53. The number of carboxylic acid groups (broad SMARTS) is 1. The van der Waals surface area contributed by atoms with Crippen LogP contribution in [0.5, 0.6) is 11.6 Å². The molecule has 3 aromatic rings. The maximum atomic E-state index is 12.9. The summed E-state index contributed by atoms with van der Waals surface area (Å²) in [5, 5.41) is 15.5. The van der Waals surface area contributed by atoms with Gasteiger partial charge in [-0.25, -0.2) is 9.78 Å². The second kappa shape index (κ2) is 11.3. The highest BCUT2D eigenvalue weighted by atomic mass is 16.5. The van der Waals surface area contributed by atoms with Crippen LogP contribution in [-0.4, -0.2) is 32.4 Å². The Morgan fingerprint density at radius 2 is 1.79 bits per heavy atom. The number of hydrogen-bond donors (Lipinski definition) is 2. The van der Waals surface area contributed by atoms with E-state index >= 15 is 0 Å². The van der Waals surface area contributed by atoms with Crippen LogP contribution in [-0.2, 0) is 16.0 Å². The summed E-state index contributed by atoms with van der Waals surface area (Å²) in [5.74, 6) is 0.255. The van der Waals surface area contributed by atoms with Crippen molar-refractivity contribution in [1.82, 2.24) is 15.3 Å². The van der Waals surface area contributed by atoms with E-state index in [0.717, 1.165) is 53.3 Å². The van der Waals surface area contributed by atoms with Crippen molar-refractivity contribution in [3.8, 4) is 11.6 Å². The zero-order valence-corrected chi connectivity index (χ0v) is 22.7. The Morgan fingerprint density at radius 1 is 1.05 bits per heavy atom. The number of rotatable bonds is 13. The van der Waals surface area contributed by atoms with E-state index in [1.54, 1.807) is 18.6 Å². The molecule has 0 bridgehead atoms. The maximum absolute atomic E-state index is 12.9. The van der Waals surface area contributed by atoms with Crippen LogP contribution in [0.2, 0.25) is 0 Å². The number of Topliss-reactive ketones (excluding diaryl/α,β-unsaturated/α-hetero) is 1. The summed E-state index contributed by atoms with van der Waals surface area (Å²) in [6.07, 6.45) is 10.7. The molecule has 2 N–H and O–H groups in total. The first-order valence-corrected chi connectivity index (χ1v) is 13.5. The summed E-state index contributed by atoms with van der Waals surface area (Å²) in [6.45, 7) is 7.77. The van der Waals surface area contributed by atoms with Gasteiger partial charge in [0.05, 0.1) is 10.8 Å². The molecule has 0 saturated carbocycles. The van der Waals surface area contributed by atoms with Crippen molar-refractivity contribution in [2.24, 2.45) is 5.41 Å². The molecule has 2 aromatic heterocycles. The zero-order chi connectivity index (χ0) is 27.3. The Kier molecular flexibility index (Phi) is 8.14. The number of allylic oxidation sites excluding steroid dienone is 2. The third-order valence-corrected chi connectivity index (χ3v) is 7.60. The molecule has 1 atom stereocenters. The lowest BCUT2D eigenvalue weighted by Crippen LogP contribution is -2.59. The zero-order valence-electron chi connectivity index (χ0n) is 22.7. The van der Waals surface area contributed by atoms with Gasteiger partial charge in [0.15, 0.2) is 5.78 Å². The molecule has 4 rings (SSSR count). The normalized spacial score (nSPS) is 16.2. The molecule has 0 aliphatic heterocycles. The van der Waals surface area contributed by atoms with E-state index in [1.807, 2.05) is 57.2 Å². The van der Waals surface area contributed by atoms with Crippen LogP contribution in [0.1, 0.15) is 71.8 Å². The topological polar surface area (TPSA) is 101 Å². The molecule has 7 heteroatoms. The molecule has 0 amide bonds. The maximum Gasteiger partial charge on any atom is 0.329 e. The lowest BCUT2D eigenvalue weighted by molar-refractivity contribution is -0.145. The third-order valence-electron chi connectivity index (χ3n) is 7.60. The molecule has 0 radical (unpaired) electrons. The van der Waals surface area contributed by atoms with Crippen LogP contribution in [0.15, 0.2) is 66.3 Å². The first kappa shape index (κ1) is 27.3. The predicted octanol–water partition coefficient (Wildman–Crippen LogP) is 6.62. The van der Waals surface area contributed by atoms with Gasteiger partial charge in [-0.1, -0.05) is 45.2 Å². The molecule has 38 heavy (non-hydrogen) atoms. The Hall–Kier alpha value is -3.74. The molecular weight excluding hydrogens is 478 g/mol. The molecule has 2 heterocycles. The Bertz CT molecular complexity index is 1340. The van der Waals surface area contributed by atoms with Crippen molar-refractivity contribution >= 4 is 22.5 Å². The molecule has 200 valence electrons. The molecule has 0 spiro atoms. The number of pyridine rings is 2. The number of hydrogen-bond acceptors (Lipinski definition) is 6. The SMILES string of the molecule is CCCCCCC1=C(N[C@@](CC)(Cc2ccc(Oc3nccc4ccncc34)cc2)C(=O)O)C(C)(C)C1=O.